The lowest BCUT2D eigenvalue weighted by atomic mass is 10.1. The number of hydrogen-bond acceptors (Lipinski definition) is 6. The van der Waals surface area contributed by atoms with Crippen molar-refractivity contribution in [1.29, 1.82) is 0 Å². The molecule has 2 aromatic carbocycles. The maximum absolute atomic E-state index is 12.3. The van der Waals surface area contributed by atoms with E-state index in [9.17, 15) is 18.0 Å². The SMILES string of the molecule is CCNS(=O)(=O)c1ccc(C)c(C(=O)OCC(=O)Nc2cccc(SC)c2)c1. The number of aryl methyl sites for hydroxylation is 1. The summed E-state index contributed by atoms with van der Waals surface area (Å²) in [4.78, 5) is 25.3. The molecule has 0 fully saturated rings. The number of anilines is 1. The maximum atomic E-state index is 12.3. The van der Waals surface area contributed by atoms with E-state index < -0.39 is 28.5 Å². The highest BCUT2D eigenvalue weighted by Crippen LogP contribution is 2.19. The highest BCUT2D eigenvalue weighted by atomic mass is 32.2. The largest absolute Gasteiger partial charge is 0.452 e. The van der Waals surface area contributed by atoms with Crippen LogP contribution >= 0.6 is 11.8 Å². The number of rotatable bonds is 8. The molecular formula is C19H22N2O5S2. The zero-order valence-electron chi connectivity index (χ0n) is 15.8. The van der Waals surface area contributed by atoms with Gasteiger partial charge in [0.2, 0.25) is 10.0 Å². The predicted molar refractivity (Wildman–Crippen MR) is 109 cm³/mol. The summed E-state index contributed by atoms with van der Waals surface area (Å²) in [6.45, 7) is 3.07. The second-order valence-corrected chi connectivity index (χ2v) is 8.48. The Morgan fingerprint density at radius 2 is 1.89 bits per heavy atom. The summed E-state index contributed by atoms with van der Waals surface area (Å²) in [6.07, 6.45) is 1.93. The normalized spacial score (nSPS) is 11.1. The minimum Gasteiger partial charge on any atom is -0.452 e. The Morgan fingerprint density at radius 3 is 2.57 bits per heavy atom. The summed E-state index contributed by atoms with van der Waals surface area (Å²) in [6, 6.07) is 11.5. The van der Waals surface area contributed by atoms with E-state index in [0.29, 0.717) is 11.3 Å². The van der Waals surface area contributed by atoms with Crippen molar-refractivity contribution in [2.24, 2.45) is 0 Å². The highest BCUT2D eigenvalue weighted by Gasteiger charge is 2.19. The topological polar surface area (TPSA) is 102 Å². The van der Waals surface area contributed by atoms with Crippen LogP contribution in [0, 0.1) is 6.92 Å². The molecule has 0 aliphatic heterocycles. The first-order chi connectivity index (χ1) is 13.3. The molecule has 2 aromatic rings. The van der Waals surface area contributed by atoms with Crippen LogP contribution in [-0.2, 0) is 19.6 Å². The van der Waals surface area contributed by atoms with Gasteiger partial charge in [0.15, 0.2) is 6.61 Å². The summed E-state index contributed by atoms with van der Waals surface area (Å²) in [5, 5.41) is 2.66. The van der Waals surface area contributed by atoms with Crippen LogP contribution < -0.4 is 10.0 Å². The van der Waals surface area contributed by atoms with Crippen LogP contribution in [0.2, 0.25) is 0 Å². The molecule has 0 spiro atoms. The van der Waals surface area contributed by atoms with Crippen molar-refractivity contribution in [1.82, 2.24) is 4.72 Å². The van der Waals surface area contributed by atoms with Crippen molar-refractivity contribution in [2.45, 2.75) is 23.6 Å². The van der Waals surface area contributed by atoms with E-state index in [0.717, 1.165) is 4.90 Å². The molecular weight excluding hydrogens is 400 g/mol. The number of amides is 1. The van der Waals surface area contributed by atoms with Gasteiger partial charge in [-0.3, -0.25) is 4.79 Å². The van der Waals surface area contributed by atoms with Crippen molar-refractivity contribution in [3.05, 3.63) is 53.6 Å². The van der Waals surface area contributed by atoms with Gasteiger partial charge < -0.3 is 10.1 Å². The average molecular weight is 423 g/mol. The molecule has 28 heavy (non-hydrogen) atoms. The minimum atomic E-state index is -3.70. The molecule has 0 unspecified atom stereocenters. The van der Waals surface area contributed by atoms with Crippen molar-refractivity contribution >= 4 is 39.3 Å². The standard InChI is InChI=1S/C19H22N2O5S2/c1-4-20-28(24,25)16-9-8-13(2)17(11-16)19(23)26-12-18(22)21-14-6-5-7-15(10-14)27-3/h5-11,20H,4,12H2,1-3H3,(H,21,22). The molecule has 0 saturated carbocycles. The van der Waals surface area contributed by atoms with Crippen LogP contribution in [0.1, 0.15) is 22.8 Å². The zero-order valence-corrected chi connectivity index (χ0v) is 17.4. The molecule has 0 atom stereocenters. The first kappa shape index (κ1) is 21.9. The number of thioether (sulfide) groups is 1. The lowest BCUT2D eigenvalue weighted by Gasteiger charge is -2.11. The van der Waals surface area contributed by atoms with Gasteiger partial charge in [0.1, 0.15) is 0 Å². The van der Waals surface area contributed by atoms with Gasteiger partial charge in [0, 0.05) is 17.1 Å². The fourth-order valence-corrected chi connectivity index (χ4v) is 3.89. The van der Waals surface area contributed by atoms with E-state index in [1.165, 1.54) is 18.2 Å². The van der Waals surface area contributed by atoms with Crippen molar-refractivity contribution < 1.29 is 22.7 Å². The van der Waals surface area contributed by atoms with E-state index in [2.05, 4.69) is 10.0 Å². The predicted octanol–water partition coefficient (Wildman–Crippen LogP) is 2.81. The smallest absolute Gasteiger partial charge is 0.338 e. The Labute approximate surface area is 168 Å². The fourth-order valence-electron chi connectivity index (χ4n) is 2.37. The Bertz CT molecular complexity index is 974. The third-order valence-electron chi connectivity index (χ3n) is 3.76. The zero-order chi connectivity index (χ0) is 20.7. The molecule has 9 heteroatoms. The molecule has 1 amide bonds. The number of carbonyl (C=O) groups is 2. The second-order valence-electron chi connectivity index (χ2n) is 5.83. The van der Waals surface area contributed by atoms with Crippen LogP contribution in [0.4, 0.5) is 5.69 Å². The van der Waals surface area contributed by atoms with E-state index in [1.807, 2.05) is 24.5 Å². The van der Waals surface area contributed by atoms with Gasteiger partial charge in [-0.25, -0.2) is 17.9 Å². The first-order valence-corrected chi connectivity index (χ1v) is 11.2. The third kappa shape index (κ3) is 5.82. The van der Waals surface area contributed by atoms with Crippen LogP contribution in [0.3, 0.4) is 0 Å². The minimum absolute atomic E-state index is 0.0368. The van der Waals surface area contributed by atoms with E-state index in [4.69, 9.17) is 4.74 Å². The van der Waals surface area contributed by atoms with Crippen LogP contribution in [0.25, 0.3) is 0 Å². The van der Waals surface area contributed by atoms with E-state index in [1.54, 1.807) is 31.7 Å². The molecule has 7 nitrogen and oxygen atoms in total. The number of benzene rings is 2. The molecule has 0 saturated heterocycles. The number of nitrogens with one attached hydrogen (secondary N) is 2. The molecule has 0 heterocycles. The Hall–Kier alpha value is -2.36. The summed E-state index contributed by atoms with van der Waals surface area (Å²) >= 11 is 1.54. The lowest BCUT2D eigenvalue weighted by molar-refractivity contribution is -0.119. The third-order valence-corrected chi connectivity index (χ3v) is 6.03. The number of carbonyl (C=O) groups excluding carboxylic acids is 2. The van der Waals surface area contributed by atoms with Crippen molar-refractivity contribution in [2.75, 3.05) is 24.7 Å². The van der Waals surface area contributed by atoms with Crippen molar-refractivity contribution in [3.63, 3.8) is 0 Å². The van der Waals surface area contributed by atoms with Gasteiger partial charge in [-0.05, 0) is 49.1 Å². The van der Waals surface area contributed by atoms with E-state index in [-0.39, 0.29) is 17.0 Å². The fraction of sp³-hybridized carbons (Fsp3) is 0.263. The molecule has 2 rings (SSSR count). The molecule has 2 N–H and O–H groups in total. The lowest BCUT2D eigenvalue weighted by Crippen LogP contribution is -2.24. The monoisotopic (exact) mass is 422 g/mol. The summed E-state index contributed by atoms with van der Waals surface area (Å²) in [5.41, 5.74) is 1.24. The van der Waals surface area contributed by atoms with E-state index >= 15 is 0 Å². The molecule has 150 valence electrons. The van der Waals surface area contributed by atoms with Crippen molar-refractivity contribution in [3.8, 4) is 0 Å². The van der Waals surface area contributed by atoms with Gasteiger partial charge in [0.05, 0.1) is 10.5 Å². The van der Waals surface area contributed by atoms with Gasteiger partial charge in [0.25, 0.3) is 5.91 Å². The summed E-state index contributed by atoms with van der Waals surface area (Å²) in [5.74, 6) is -1.25. The number of ether oxygens (including phenoxy) is 1. The Morgan fingerprint density at radius 1 is 1.14 bits per heavy atom. The Kier molecular flexibility index (Phi) is 7.61. The molecule has 0 radical (unpaired) electrons. The molecule has 0 bridgehead atoms. The number of esters is 1. The Balaban J connectivity index is 2.05. The maximum Gasteiger partial charge on any atom is 0.338 e. The quantitative estimate of drug-likeness (QED) is 0.501. The van der Waals surface area contributed by atoms with Gasteiger partial charge in [-0.2, -0.15) is 0 Å². The van der Waals surface area contributed by atoms with Crippen LogP contribution in [-0.4, -0.2) is 39.7 Å². The number of hydrogen-bond donors (Lipinski definition) is 2. The van der Waals surface area contributed by atoms with Crippen LogP contribution in [0.5, 0.6) is 0 Å². The summed E-state index contributed by atoms with van der Waals surface area (Å²) < 4.78 is 31.6. The first-order valence-electron chi connectivity index (χ1n) is 8.48. The molecule has 0 aromatic heterocycles. The highest BCUT2D eigenvalue weighted by molar-refractivity contribution is 7.98. The van der Waals surface area contributed by atoms with Crippen LogP contribution in [0.15, 0.2) is 52.3 Å². The second kappa shape index (κ2) is 9.72. The average Bonchev–Trinajstić information content (AvgIpc) is 2.66. The molecule has 0 aliphatic carbocycles. The summed E-state index contributed by atoms with van der Waals surface area (Å²) in [7, 11) is -3.70. The van der Waals surface area contributed by atoms with Gasteiger partial charge >= 0.3 is 5.97 Å². The van der Waals surface area contributed by atoms with Gasteiger partial charge in [-0.15, -0.1) is 11.8 Å². The van der Waals surface area contributed by atoms with Gasteiger partial charge in [-0.1, -0.05) is 19.1 Å². The molecule has 0 aliphatic rings. The number of sulfonamides is 1.